The second-order valence-corrected chi connectivity index (χ2v) is 9.24. The van der Waals surface area contributed by atoms with Crippen molar-refractivity contribution in [3.8, 4) is 5.69 Å². The van der Waals surface area contributed by atoms with Crippen molar-refractivity contribution in [2.45, 2.75) is 32.9 Å². The summed E-state index contributed by atoms with van der Waals surface area (Å²) < 4.78 is 2.33. The molecule has 0 aliphatic carbocycles. The monoisotopic (exact) mass is 472 g/mol. The van der Waals surface area contributed by atoms with E-state index in [2.05, 4.69) is 76.9 Å². The smallest absolute Gasteiger partial charge is 0.174 e. The molecule has 33 heavy (non-hydrogen) atoms. The van der Waals surface area contributed by atoms with Gasteiger partial charge in [-0.15, -0.1) is 0 Å². The number of benzene rings is 2. The van der Waals surface area contributed by atoms with Gasteiger partial charge in [0.1, 0.15) is 0 Å². The lowest BCUT2D eigenvalue weighted by molar-refractivity contribution is 0.565. The van der Waals surface area contributed by atoms with Crippen molar-refractivity contribution in [2.24, 2.45) is 0 Å². The Morgan fingerprint density at radius 2 is 1.67 bits per heavy atom. The van der Waals surface area contributed by atoms with Crippen LogP contribution in [0, 0.1) is 20.8 Å². The summed E-state index contributed by atoms with van der Waals surface area (Å²) in [4.78, 5) is 6.86. The number of halogens is 1. The molecular weight excluding hydrogens is 448 g/mol. The van der Waals surface area contributed by atoms with Crippen molar-refractivity contribution in [3.05, 3.63) is 112 Å². The van der Waals surface area contributed by atoms with Gasteiger partial charge in [-0.25, -0.2) is 0 Å². The van der Waals surface area contributed by atoms with Gasteiger partial charge in [-0.3, -0.25) is 4.98 Å². The van der Waals surface area contributed by atoms with Crippen LogP contribution in [0.4, 0.5) is 5.69 Å². The average molecular weight is 473 g/mol. The van der Waals surface area contributed by atoms with Gasteiger partial charge in [-0.1, -0.05) is 35.9 Å². The van der Waals surface area contributed by atoms with Gasteiger partial charge in [0, 0.05) is 34.0 Å². The Labute approximate surface area is 204 Å². The maximum absolute atomic E-state index is 6.18. The molecule has 166 valence electrons. The molecular formula is C27H25ClN4S. The minimum absolute atomic E-state index is 0.0578. The molecule has 2 aromatic heterocycles. The Morgan fingerprint density at radius 3 is 2.36 bits per heavy atom. The summed E-state index contributed by atoms with van der Waals surface area (Å²) in [6.07, 6.45) is 1.83. The van der Waals surface area contributed by atoms with Crippen LogP contribution in [0.2, 0.25) is 5.02 Å². The van der Waals surface area contributed by atoms with E-state index in [1.165, 1.54) is 28.2 Å². The van der Waals surface area contributed by atoms with Crippen LogP contribution < -0.4 is 10.2 Å². The maximum atomic E-state index is 6.18. The Bertz CT molecular complexity index is 1310. The third kappa shape index (κ3) is 3.81. The zero-order valence-corrected chi connectivity index (χ0v) is 20.4. The van der Waals surface area contributed by atoms with Crippen LogP contribution in [-0.2, 0) is 0 Å². The number of thiocarbonyl (C=S) groups is 1. The molecule has 1 aliphatic heterocycles. The zero-order valence-electron chi connectivity index (χ0n) is 18.8. The molecule has 0 unspecified atom stereocenters. The molecule has 1 fully saturated rings. The Balaban J connectivity index is 1.69. The Morgan fingerprint density at radius 1 is 0.939 bits per heavy atom. The highest BCUT2D eigenvalue weighted by Crippen LogP contribution is 2.44. The maximum Gasteiger partial charge on any atom is 0.174 e. The van der Waals surface area contributed by atoms with E-state index in [1.54, 1.807) is 0 Å². The fourth-order valence-electron chi connectivity index (χ4n) is 4.82. The van der Waals surface area contributed by atoms with Crippen LogP contribution in [0.3, 0.4) is 0 Å². The largest absolute Gasteiger partial charge is 0.351 e. The molecule has 2 atom stereocenters. The van der Waals surface area contributed by atoms with Gasteiger partial charge in [0.05, 0.1) is 17.8 Å². The van der Waals surface area contributed by atoms with Gasteiger partial charge in [-0.2, -0.15) is 0 Å². The summed E-state index contributed by atoms with van der Waals surface area (Å²) in [5.74, 6) is 0. The molecule has 1 N–H and O–H groups in total. The zero-order chi connectivity index (χ0) is 23.1. The summed E-state index contributed by atoms with van der Waals surface area (Å²) in [5, 5.41) is 4.92. The van der Waals surface area contributed by atoms with Gasteiger partial charge in [-0.05, 0) is 92.6 Å². The molecule has 0 radical (unpaired) electrons. The molecule has 0 amide bonds. The van der Waals surface area contributed by atoms with Gasteiger partial charge in [0.2, 0.25) is 0 Å². The minimum Gasteiger partial charge on any atom is -0.351 e. The third-order valence-electron chi connectivity index (χ3n) is 6.35. The van der Waals surface area contributed by atoms with E-state index in [0.29, 0.717) is 10.1 Å². The van der Waals surface area contributed by atoms with Crippen molar-refractivity contribution < 1.29 is 0 Å². The average Bonchev–Trinajstić information content (AvgIpc) is 3.31. The highest BCUT2D eigenvalue weighted by Gasteiger charge is 2.42. The lowest BCUT2D eigenvalue weighted by Crippen LogP contribution is -2.29. The number of para-hydroxylation sites is 1. The number of rotatable bonds is 4. The lowest BCUT2D eigenvalue weighted by Gasteiger charge is -2.28. The molecule has 1 aliphatic rings. The molecule has 3 heterocycles. The van der Waals surface area contributed by atoms with Crippen LogP contribution in [0.25, 0.3) is 5.69 Å². The first-order chi connectivity index (χ1) is 16.0. The normalized spacial score (nSPS) is 17.9. The fraction of sp³-hybridized carbons (Fsp3) is 0.185. The van der Waals surface area contributed by atoms with Crippen molar-refractivity contribution >= 4 is 34.6 Å². The van der Waals surface area contributed by atoms with Gasteiger partial charge in [0.25, 0.3) is 0 Å². The van der Waals surface area contributed by atoms with Crippen LogP contribution in [0.15, 0.2) is 79.0 Å². The highest BCUT2D eigenvalue weighted by molar-refractivity contribution is 7.80. The molecule has 0 spiro atoms. The summed E-state index contributed by atoms with van der Waals surface area (Å²) in [5.41, 5.74) is 7.99. The number of nitrogens with one attached hydrogen (secondary N) is 1. The van der Waals surface area contributed by atoms with Gasteiger partial charge in [0.15, 0.2) is 5.11 Å². The summed E-state index contributed by atoms with van der Waals surface area (Å²) in [7, 11) is 0. The fourth-order valence-corrected chi connectivity index (χ4v) is 5.29. The quantitative estimate of drug-likeness (QED) is 0.338. The molecule has 1 saturated heterocycles. The second kappa shape index (κ2) is 8.65. The number of anilines is 1. The first-order valence-electron chi connectivity index (χ1n) is 11.0. The van der Waals surface area contributed by atoms with Crippen molar-refractivity contribution in [3.63, 3.8) is 0 Å². The van der Waals surface area contributed by atoms with Gasteiger partial charge >= 0.3 is 0 Å². The highest BCUT2D eigenvalue weighted by atomic mass is 35.5. The van der Waals surface area contributed by atoms with Crippen LogP contribution >= 0.6 is 23.8 Å². The van der Waals surface area contributed by atoms with E-state index in [0.717, 1.165) is 11.4 Å². The lowest BCUT2D eigenvalue weighted by atomic mass is 9.96. The first kappa shape index (κ1) is 21.7. The summed E-state index contributed by atoms with van der Waals surface area (Å²) in [6.45, 7) is 6.49. The van der Waals surface area contributed by atoms with Crippen LogP contribution in [0.5, 0.6) is 0 Å². The molecule has 5 rings (SSSR count). The number of aryl methyl sites for hydroxylation is 2. The predicted molar refractivity (Wildman–Crippen MR) is 139 cm³/mol. The van der Waals surface area contributed by atoms with Gasteiger partial charge < -0.3 is 14.8 Å². The number of aromatic nitrogens is 2. The van der Waals surface area contributed by atoms with E-state index in [1.807, 2.05) is 42.6 Å². The summed E-state index contributed by atoms with van der Waals surface area (Å²) >= 11 is 12.0. The number of hydrogen-bond acceptors (Lipinski definition) is 2. The molecule has 4 aromatic rings. The molecule has 6 heteroatoms. The number of pyridine rings is 1. The number of hydrogen-bond donors (Lipinski definition) is 1. The van der Waals surface area contributed by atoms with Crippen molar-refractivity contribution in [1.82, 2.24) is 14.9 Å². The topological polar surface area (TPSA) is 33.1 Å². The third-order valence-corrected chi connectivity index (χ3v) is 6.91. The van der Waals surface area contributed by atoms with Crippen molar-refractivity contribution in [1.29, 1.82) is 0 Å². The second-order valence-electron chi connectivity index (χ2n) is 8.42. The van der Waals surface area contributed by atoms with Crippen LogP contribution in [-0.4, -0.2) is 14.7 Å². The SMILES string of the molecule is Cc1ccccc1-n1c(C)cc([C@H]2[C@@H](c3ccccn3)NC(=S)N2c2ccc(Cl)cc2)c1C. The number of nitrogens with zero attached hydrogens (tertiary/aromatic N) is 3. The molecule has 0 saturated carbocycles. The Kier molecular flexibility index (Phi) is 5.69. The standard InChI is InChI=1S/C27H25ClN4S/c1-17-8-4-5-10-24(17)31-18(2)16-22(19(31)3)26-25(23-9-6-7-15-29-23)30-27(33)32(26)21-13-11-20(28)12-14-21/h4-16,25-26H,1-3H3,(H,30,33)/t25-,26+/m1/s1. The first-order valence-corrected chi connectivity index (χ1v) is 11.8. The molecule has 2 aromatic carbocycles. The summed E-state index contributed by atoms with van der Waals surface area (Å²) in [6, 6.07) is 24.5. The van der Waals surface area contributed by atoms with E-state index in [4.69, 9.17) is 23.8 Å². The van der Waals surface area contributed by atoms with Crippen LogP contribution in [0.1, 0.15) is 40.3 Å². The molecule has 0 bridgehead atoms. The van der Waals surface area contributed by atoms with E-state index >= 15 is 0 Å². The molecule has 4 nitrogen and oxygen atoms in total. The Hall–Kier alpha value is -3.15. The van der Waals surface area contributed by atoms with Crippen molar-refractivity contribution in [2.75, 3.05) is 4.90 Å². The van der Waals surface area contributed by atoms with E-state index < -0.39 is 0 Å². The van der Waals surface area contributed by atoms with E-state index in [-0.39, 0.29) is 12.1 Å². The van der Waals surface area contributed by atoms with E-state index in [9.17, 15) is 0 Å². The minimum atomic E-state index is -0.0831. The predicted octanol–water partition coefficient (Wildman–Crippen LogP) is 6.63.